The Bertz CT molecular complexity index is 363. The minimum absolute atomic E-state index is 0.168. The van der Waals surface area contributed by atoms with Gasteiger partial charge in [0.1, 0.15) is 11.1 Å². The summed E-state index contributed by atoms with van der Waals surface area (Å²) in [6, 6.07) is 0. The second-order valence-corrected chi connectivity index (χ2v) is 5.39. The maximum absolute atomic E-state index is 5.81. The zero-order valence-electron chi connectivity index (χ0n) is 10.4. The fourth-order valence-corrected chi connectivity index (χ4v) is 3.01. The Balaban J connectivity index is 2.17. The second-order valence-electron chi connectivity index (χ2n) is 4.27. The molecule has 1 unspecified atom stereocenters. The molecule has 0 bridgehead atoms. The molecule has 0 radical (unpaired) electrons. The molecular weight excluding hydrogens is 236 g/mol. The Labute approximate surface area is 106 Å². The third kappa shape index (κ3) is 3.04. The number of aromatic nitrogens is 1. The summed E-state index contributed by atoms with van der Waals surface area (Å²) in [6.07, 6.45) is 2.67. The maximum Gasteiger partial charge on any atom is 0.122 e. The van der Waals surface area contributed by atoms with Gasteiger partial charge in [0, 0.05) is 25.1 Å². The van der Waals surface area contributed by atoms with Crippen LogP contribution in [0, 0.1) is 5.92 Å². The predicted molar refractivity (Wildman–Crippen MR) is 67.8 cm³/mol. The van der Waals surface area contributed by atoms with Gasteiger partial charge in [0.15, 0.2) is 0 Å². The fourth-order valence-electron chi connectivity index (χ4n) is 1.92. The summed E-state index contributed by atoms with van der Waals surface area (Å²) in [4.78, 5) is 5.76. The highest BCUT2D eigenvalue weighted by atomic mass is 32.1. The molecule has 1 aliphatic carbocycles. The highest BCUT2D eigenvalue weighted by Gasteiger charge is 2.35. The normalized spacial score (nSPS) is 17.4. The molecule has 1 aromatic rings. The number of rotatable bonds is 7. The first-order chi connectivity index (χ1) is 8.30. The largest absolute Gasteiger partial charge is 0.378 e. The van der Waals surface area contributed by atoms with Gasteiger partial charge in [-0.05, 0) is 25.7 Å². The molecule has 1 heterocycles. The van der Waals surface area contributed by atoms with Crippen LogP contribution in [-0.2, 0) is 22.6 Å². The van der Waals surface area contributed by atoms with E-state index in [0.717, 1.165) is 22.2 Å². The third-order valence-corrected chi connectivity index (χ3v) is 4.08. The lowest BCUT2D eigenvalue weighted by Gasteiger charge is -2.12. The van der Waals surface area contributed by atoms with Crippen molar-refractivity contribution < 1.29 is 9.47 Å². The summed E-state index contributed by atoms with van der Waals surface area (Å²) >= 11 is 1.67. The molecule has 0 aromatic carbocycles. The van der Waals surface area contributed by atoms with Gasteiger partial charge >= 0.3 is 0 Å². The molecule has 1 saturated carbocycles. The van der Waals surface area contributed by atoms with Crippen molar-refractivity contribution in [2.24, 2.45) is 11.7 Å². The first-order valence-electron chi connectivity index (χ1n) is 6.09. The van der Waals surface area contributed by atoms with Gasteiger partial charge in [0.2, 0.25) is 0 Å². The van der Waals surface area contributed by atoms with E-state index in [1.54, 1.807) is 18.4 Å². The van der Waals surface area contributed by atoms with E-state index in [1.165, 1.54) is 12.8 Å². The molecular formula is C12H20N2O2S. The van der Waals surface area contributed by atoms with Crippen LogP contribution in [-0.4, -0.2) is 18.7 Å². The number of methoxy groups -OCH3 is 1. The highest BCUT2D eigenvalue weighted by molar-refractivity contribution is 7.11. The van der Waals surface area contributed by atoms with E-state index in [1.807, 2.05) is 6.92 Å². The molecule has 1 atom stereocenters. The summed E-state index contributed by atoms with van der Waals surface area (Å²) in [5, 5.41) is 1.07. The molecule has 0 aliphatic heterocycles. The van der Waals surface area contributed by atoms with Crippen LogP contribution in [0.2, 0.25) is 0 Å². The molecule has 1 aromatic heterocycles. The van der Waals surface area contributed by atoms with Crippen LogP contribution < -0.4 is 5.73 Å². The van der Waals surface area contributed by atoms with Crippen molar-refractivity contribution >= 4 is 11.3 Å². The highest BCUT2D eigenvalue weighted by Crippen LogP contribution is 2.44. The van der Waals surface area contributed by atoms with Crippen molar-refractivity contribution in [3.05, 3.63) is 15.6 Å². The smallest absolute Gasteiger partial charge is 0.122 e. The molecule has 1 fully saturated rings. The second kappa shape index (κ2) is 5.91. The van der Waals surface area contributed by atoms with Gasteiger partial charge in [-0.1, -0.05) is 0 Å². The monoisotopic (exact) mass is 256 g/mol. The average Bonchev–Trinajstić information content (AvgIpc) is 3.08. The molecule has 4 nitrogen and oxygen atoms in total. The number of nitrogens with two attached hydrogens (primary N) is 1. The molecule has 2 N–H and O–H groups in total. The maximum atomic E-state index is 5.81. The van der Waals surface area contributed by atoms with Crippen molar-refractivity contribution in [1.29, 1.82) is 0 Å². The molecule has 0 saturated heterocycles. The van der Waals surface area contributed by atoms with E-state index in [2.05, 4.69) is 4.98 Å². The SMILES string of the molecule is CCOC(c1nc(COC)c(CN)s1)C1CC1. The van der Waals surface area contributed by atoms with E-state index < -0.39 is 0 Å². The predicted octanol–water partition coefficient (Wildman–Crippen LogP) is 2.24. The number of hydrogen-bond acceptors (Lipinski definition) is 5. The van der Waals surface area contributed by atoms with E-state index in [0.29, 0.717) is 19.1 Å². The van der Waals surface area contributed by atoms with Gasteiger partial charge in [-0.25, -0.2) is 4.98 Å². The van der Waals surface area contributed by atoms with E-state index in [9.17, 15) is 0 Å². The van der Waals surface area contributed by atoms with E-state index in [4.69, 9.17) is 15.2 Å². The Morgan fingerprint density at radius 2 is 2.29 bits per heavy atom. The number of hydrogen-bond donors (Lipinski definition) is 1. The number of ether oxygens (including phenoxy) is 2. The first kappa shape index (κ1) is 13.0. The fraction of sp³-hybridized carbons (Fsp3) is 0.750. The zero-order chi connectivity index (χ0) is 12.3. The van der Waals surface area contributed by atoms with Crippen LogP contribution in [0.4, 0.5) is 0 Å². The standard InChI is InChI=1S/C12H20N2O2S/c1-3-16-11(8-4-5-8)12-14-9(7-15-2)10(6-13)17-12/h8,11H,3-7,13H2,1-2H3. The van der Waals surface area contributed by atoms with Crippen LogP contribution in [0.3, 0.4) is 0 Å². The minimum Gasteiger partial charge on any atom is -0.378 e. The molecule has 17 heavy (non-hydrogen) atoms. The first-order valence-corrected chi connectivity index (χ1v) is 6.90. The zero-order valence-corrected chi connectivity index (χ0v) is 11.3. The summed E-state index contributed by atoms with van der Waals surface area (Å²) in [7, 11) is 1.68. The minimum atomic E-state index is 0.168. The van der Waals surface area contributed by atoms with Crippen LogP contribution in [0.5, 0.6) is 0 Å². The summed E-state index contributed by atoms with van der Waals surface area (Å²) in [6.45, 7) is 3.83. The molecule has 0 spiro atoms. The average molecular weight is 256 g/mol. The van der Waals surface area contributed by atoms with Crippen molar-refractivity contribution in [1.82, 2.24) is 4.98 Å². The number of thiazole rings is 1. The van der Waals surface area contributed by atoms with Gasteiger partial charge in [-0.3, -0.25) is 0 Å². The Morgan fingerprint density at radius 1 is 1.53 bits per heavy atom. The summed E-state index contributed by atoms with van der Waals surface area (Å²) < 4.78 is 11.0. The van der Waals surface area contributed by atoms with Crippen molar-refractivity contribution in [2.75, 3.05) is 13.7 Å². The molecule has 5 heteroatoms. The van der Waals surface area contributed by atoms with Gasteiger partial charge in [0.05, 0.1) is 12.3 Å². The van der Waals surface area contributed by atoms with Gasteiger partial charge in [-0.2, -0.15) is 0 Å². The summed E-state index contributed by atoms with van der Waals surface area (Å²) in [5.41, 5.74) is 6.71. The topological polar surface area (TPSA) is 57.4 Å². The lowest BCUT2D eigenvalue weighted by Crippen LogP contribution is -2.06. The lowest BCUT2D eigenvalue weighted by atomic mass is 10.2. The number of nitrogens with zero attached hydrogens (tertiary/aromatic N) is 1. The Hall–Kier alpha value is -0.490. The van der Waals surface area contributed by atoms with Crippen LogP contribution in [0.25, 0.3) is 0 Å². The lowest BCUT2D eigenvalue weighted by molar-refractivity contribution is 0.0459. The van der Waals surface area contributed by atoms with Crippen molar-refractivity contribution in [3.63, 3.8) is 0 Å². The Kier molecular flexibility index (Phi) is 4.50. The van der Waals surface area contributed by atoms with E-state index in [-0.39, 0.29) is 6.10 Å². The van der Waals surface area contributed by atoms with Gasteiger partial charge in [0.25, 0.3) is 0 Å². The molecule has 96 valence electrons. The van der Waals surface area contributed by atoms with Crippen LogP contribution in [0.1, 0.15) is 41.4 Å². The molecule has 0 amide bonds. The quantitative estimate of drug-likeness (QED) is 0.813. The van der Waals surface area contributed by atoms with E-state index >= 15 is 0 Å². The van der Waals surface area contributed by atoms with Crippen molar-refractivity contribution in [2.45, 2.75) is 39.0 Å². The molecule has 2 rings (SSSR count). The Morgan fingerprint density at radius 3 is 2.82 bits per heavy atom. The van der Waals surface area contributed by atoms with Crippen molar-refractivity contribution in [3.8, 4) is 0 Å². The van der Waals surface area contributed by atoms with Gasteiger partial charge in [-0.15, -0.1) is 11.3 Å². The third-order valence-electron chi connectivity index (χ3n) is 2.90. The molecule has 1 aliphatic rings. The van der Waals surface area contributed by atoms with Crippen LogP contribution >= 0.6 is 11.3 Å². The summed E-state index contributed by atoms with van der Waals surface area (Å²) in [5.74, 6) is 0.655. The van der Waals surface area contributed by atoms with Crippen LogP contribution in [0.15, 0.2) is 0 Å². The van der Waals surface area contributed by atoms with Gasteiger partial charge < -0.3 is 15.2 Å².